The Morgan fingerprint density at radius 3 is 2.80 bits per heavy atom. The number of rotatable bonds is 4. The quantitative estimate of drug-likeness (QED) is 0.838. The van der Waals surface area contributed by atoms with E-state index in [1.54, 1.807) is 11.8 Å². The second kappa shape index (κ2) is 6.46. The smallest absolute Gasteiger partial charge is 0.335 e. The van der Waals surface area contributed by atoms with Crippen LogP contribution in [0.15, 0.2) is 27.6 Å². The van der Waals surface area contributed by atoms with Gasteiger partial charge in [-0.05, 0) is 52.7 Å². The van der Waals surface area contributed by atoms with Crippen molar-refractivity contribution in [3.63, 3.8) is 0 Å². The molecule has 1 aliphatic heterocycles. The molecule has 2 rings (SSSR count). The van der Waals surface area contributed by atoms with Crippen molar-refractivity contribution in [1.82, 2.24) is 4.72 Å². The highest BCUT2D eigenvalue weighted by Gasteiger charge is 2.24. The van der Waals surface area contributed by atoms with Crippen molar-refractivity contribution >= 4 is 43.7 Å². The molecule has 20 heavy (non-hydrogen) atoms. The molecule has 1 aromatic rings. The van der Waals surface area contributed by atoms with E-state index < -0.39 is 16.0 Å². The summed E-state index contributed by atoms with van der Waals surface area (Å²) in [6.45, 7) is 0. The van der Waals surface area contributed by atoms with E-state index in [2.05, 4.69) is 20.7 Å². The molecule has 0 aliphatic carbocycles. The minimum absolute atomic E-state index is 0.0343. The number of aromatic carboxylic acids is 1. The van der Waals surface area contributed by atoms with Crippen LogP contribution in [0.1, 0.15) is 23.2 Å². The number of nitrogens with one attached hydrogen (secondary N) is 1. The van der Waals surface area contributed by atoms with Gasteiger partial charge in [-0.3, -0.25) is 0 Å². The molecule has 8 heteroatoms. The molecule has 1 saturated heterocycles. The fourth-order valence-electron chi connectivity index (χ4n) is 1.96. The van der Waals surface area contributed by atoms with E-state index in [0.717, 1.165) is 24.3 Å². The van der Waals surface area contributed by atoms with Crippen LogP contribution in [0.4, 0.5) is 0 Å². The van der Waals surface area contributed by atoms with Gasteiger partial charge in [-0.1, -0.05) is 0 Å². The first-order chi connectivity index (χ1) is 9.40. The molecule has 1 aromatic carbocycles. The summed E-state index contributed by atoms with van der Waals surface area (Å²) in [7, 11) is -3.72. The number of hydrogen-bond donors (Lipinski definition) is 2. The van der Waals surface area contributed by atoms with Gasteiger partial charge in [-0.25, -0.2) is 17.9 Å². The van der Waals surface area contributed by atoms with Gasteiger partial charge in [0.05, 0.1) is 10.5 Å². The van der Waals surface area contributed by atoms with Crippen LogP contribution in [-0.2, 0) is 10.0 Å². The van der Waals surface area contributed by atoms with Gasteiger partial charge < -0.3 is 5.11 Å². The standard InChI is InChI=1S/C12H14BrNO4S2/c13-10-4-3-8(12(15)16)6-11(10)20(17,18)14-9-2-1-5-19-7-9/h3-4,6,9,14H,1-2,5,7H2,(H,15,16). The van der Waals surface area contributed by atoms with Gasteiger partial charge in [0.15, 0.2) is 0 Å². The van der Waals surface area contributed by atoms with Crippen LogP contribution in [0.3, 0.4) is 0 Å². The van der Waals surface area contributed by atoms with E-state index >= 15 is 0 Å². The Morgan fingerprint density at radius 2 is 2.20 bits per heavy atom. The molecule has 0 spiro atoms. The van der Waals surface area contributed by atoms with Crippen molar-refractivity contribution in [2.24, 2.45) is 0 Å². The highest BCUT2D eigenvalue weighted by atomic mass is 79.9. The minimum atomic E-state index is -3.72. The van der Waals surface area contributed by atoms with E-state index in [9.17, 15) is 13.2 Å². The van der Waals surface area contributed by atoms with E-state index in [1.807, 2.05) is 0 Å². The van der Waals surface area contributed by atoms with Crippen LogP contribution in [0, 0.1) is 0 Å². The molecule has 1 heterocycles. The number of thioether (sulfide) groups is 1. The Balaban J connectivity index is 2.28. The lowest BCUT2D eigenvalue weighted by Crippen LogP contribution is -2.38. The number of hydrogen-bond acceptors (Lipinski definition) is 4. The van der Waals surface area contributed by atoms with E-state index in [4.69, 9.17) is 5.11 Å². The molecule has 2 N–H and O–H groups in total. The number of carboxylic acid groups (broad SMARTS) is 1. The zero-order chi connectivity index (χ0) is 14.8. The second-order valence-electron chi connectivity index (χ2n) is 4.49. The van der Waals surface area contributed by atoms with Crippen molar-refractivity contribution in [3.8, 4) is 0 Å². The van der Waals surface area contributed by atoms with Crippen LogP contribution < -0.4 is 4.72 Å². The van der Waals surface area contributed by atoms with Crippen LogP contribution in [0.25, 0.3) is 0 Å². The molecule has 1 aliphatic rings. The Kier molecular flexibility index (Phi) is 5.11. The summed E-state index contributed by atoms with van der Waals surface area (Å²) in [5.74, 6) is 0.647. The van der Waals surface area contributed by atoms with Crippen LogP contribution >= 0.6 is 27.7 Å². The van der Waals surface area contributed by atoms with Gasteiger partial charge in [0, 0.05) is 16.3 Å². The molecule has 0 aromatic heterocycles. The summed E-state index contributed by atoms with van der Waals surface area (Å²) in [6, 6.07) is 3.87. The highest BCUT2D eigenvalue weighted by molar-refractivity contribution is 9.10. The zero-order valence-corrected chi connectivity index (χ0v) is 13.7. The average Bonchev–Trinajstić information content (AvgIpc) is 2.39. The highest BCUT2D eigenvalue weighted by Crippen LogP contribution is 2.25. The summed E-state index contributed by atoms with van der Waals surface area (Å²) in [5, 5.41) is 8.95. The number of halogens is 1. The topological polar surface area (TPSA) is 83.5 Å². The maximum Gasteiger partial charge on any atom is 0.335 e. The van der Waals surface area contributed by atoms with Gasteiger partial charge in [-0.15, -0.1) is 0 Å². The van der Waals surface area contributed by atoms with Crippen molar-refractivity contribution < 1.29 is 18.3 Å². The zero-order valence-electron chi connectivity index (χ0n) is 10.5. The van der Waals surface area contributed by atoms with Crippen molar-refractivity contribution in [3.05, 3.63) is 28.2 Å². The van der Waals surface area contributed by atoms with Crippen molar-refractivity contribution in [2.45, 2.75) is 23.8 Å². The summed E-state index contributed by atoms with van der Waals surface area (Å²) in [6.07, 6.45) is 1.79. The van der Waals surface area contributed by atoms with Crippen LogP contribution in [-0.4, -0.2) is 37.0 Å². The van der Waals surface area contributed by atoms with Gasteiger partial charge in [-0.2, -0.15) is 11.8 Å². The third-order valence-electron chi connectivity index (χ3n) is 2.95. The lowest BCUT2D eigenvalue weighted by molar-refractivity contribution is 0.0696. The molecular formula is C12H14BrNO4S2. The van der Waals surface area contributed by atoms with Crippen molar-refractivity contribution in [1.29, 1.82) is 0 Å². The molecule has 1 atom stereocenters. The summed E-state index contributed by atoms with van der Waals surface area (Å²) >= 11 is 4.88. The fourth-order valence-corrected chi connectivity index (χ4v) is 5.40. The molecular weight excluding hydrogens is 366 g/mol. The molecule has 0 radical (unpaired) electrons. The first kappa shape index (κ1) is 15.8. The normalized spacial score (nSPS) is 19.8. The summed E-state index contributed by atoms with van der Waals surface area (Å²) in [4.78, 5) is 10.9. The lowest BCUT2D eigenvalue weighted by atomic mass is 10.2. The lowest BCUT2D eigenvalue weighted by Gasteiger charge is -2.22. The summed E-state index contributed by atoms with van der Waals surface area (Å²) in [5.41, 5.74) is -0.0494. The number of benzene rings is 1. The molecule has 1 fully saturated rings. The van der Waals surface area contributed by atoms with Gasteiger partial charge in [0.2, 0.25) is 10.0 Å². The van der Waals surface area contributed by atoms with Gasteiger partial charge >= 0.3 is 5.97 Å². The average molecular weight is 380 g/mol. The Labute approximate surface area is 130 Å². The maximum atomic E-state index is 12.4. The van der Waals surface area contributed by atoms with E-state index in [-0.39, 0.29) is 16.5 Å². The molecule has 0 amide bonds. The van der Waals surface area contributed by atoms with E-state index in [0.29, 0.717) is 4.47 Å². The second-order valence-corrected chi connectivity index (χ2v) is 8.17. The van der Waals surface area contributed by atoms with Crippen LogP contribution in [0.2, 0.25) is 0 Å². The van der Waals surface area contributed by atoms with Crippen molar-refractivity contribution in [2.75, 3.05) is 11.5 Å². The molecule has 110 valence electrons. The third kappa shape index (κ3) is 3.75. The molecule has 1 unspecified atom stereocenters. The first-order valence-corrected chi connectivity index (χ1v) is 9.46. The molecule has 5 nitrogen and oxygen atoms in total. The predicted molar refractivity (Wildman–Crippen MR) is 81.8 cm³/mol. The molecule has 0 saturated carbocycles. The number of sulfonamides is 1. The predicted octanol–water partition coefficient (Wildman–Crippen LogP) is 2.32. The largest absolute Gasteiger partial charge is 0.478 e. The Bertz CT molecular complexity index is 612. The van der Waals surface area contributed by atoms with Gasteiger partial charge in [0.25, 0.3) is 0 Å². The SMILES string of the molecule is O=C(O)c1ccc(Br)c(S(=O)(=O)NC2CCCSC2)c1. The fraction of sp³-hybridized carbons (Fsp3) is 0.417. The van der Waals surface area contributed by atoms with E-state index in [1.165, 1.54) is 18.2 Å². The van der Waals surface area contributed by atoms with Gasteiger partial charge in [0.1, 0.15) is 0 Å². The first-order valence-electron chi connectivity index (χ1n) is 6.03. The maximum absolute atomic E-state index is 12.4. The third-order valence-corrected chi connectivity index (χ3v) is 6.68. The monoisotopic (exact) mass is 379 g/mol. The summed E-state index contributed by atoms with van der Waals surface area (Å²) < 4.78 is 27.7. The Morgan fingerprint density at radius 1 is 1.45 bits per heavy atom. The van der Waals surface area contributed by atoms with Crippen LogP contribution in [0.5, 0.6) is 0 Å². The minimum Gasteiger partial charge on any atom is -0.478 e. The number of carbonyl (C=O) groups is 1. The number of carboxylic acids is 1. The molecule has 0 bridgehead atoms. The Hall–Kier alpha value is -0.570.